The number of aromatic nitrogens is 1. The van der Waals surface area contributed by atoms with Gasteiger partial charge in [-0.25, -0.2) is 10.8 Å². The summed E-state index contributed by atoms with van der Waals surface area (Å²) in [6.45, 7) is 9.81. The molecule has 0 saturated heterocycles. The van der Waals surface area contributed by atoms with Crippen molar-refractivity contribution in [3.63, 3.8) is 0 Å². The predicted octanol–water partition coefficient (Wildman–Crippen LogP) is 1.17. The number of guanidine groups is 1. The number of aliphatic imine (C=N–C) groups is 1. The molecule has 0 aliphatic rings. The molecule has 6 heteroatoms. The van der Waals surface area contributed by atoms with E-state index in [1.54, 1.807) is 0 Å². The van der Waals surface area contributed by atoms with Crippen molar-refractivity contribution in [3.05, 3.63) is 17.0 Å². The van der Waals surface area contributed by atoms with E-state index in [2.05, 4.69) is 20.9 Å². The molecule has 17 heavy (non-hydrogen) atoms. The normalized spacial score (nSPS) is 13.9. The highest BCUT2D eigenvalue weighted by atomic mass is 16.5. The average Bonchev–Trinajstić information content (AvgIpc) is 2.56. The van der Waals surface area contributed by atoms with Crippen LogP contribution in [-0.2, 0) is 0 Å². The van der Waals surface area contributed by atoms with Crippen molar-refractivity contribution >= 4 is 5.96 Å². The van der Waals surface area contributed by atoms with E-state index in [9.17, 15) is 0 Å². The van der Waals surface area contributed by atoms with Crippen LogP contribution in [-0.4, -0.2) is 17.2 Å². The summed E-state index contributed by atoms with van der Waals surface area (Å²) in [5, 5.41) is 7.04. The molecule has 6 nitrogen and oxygen atoms in total. The number of nitrogens with one attached hydrogen (secondary N) is 2. The van der Waals surface area contributed by atoms with Crippen molar-refractivity contribution < 1.29 is 4.52 Å². The number of rotatable bonds is 3. The monoisotopic (exact) mass is 239 g/mol. The van der Waals surface area contributed by atoms with Crippen LogP contribution in [0, 0.1) is 13.8 Å². The molecule has 0 fully saturated rings. The van der Waals surface area contributed by atoms with Crippen LogP contribution in [0.15, 0.2) is 9.52 Å². The lowest BCUT2D eigenvalue weighted by Crippen LogP contribution is -2.44. The van der Waals surface area contributed by atoms with Crippen molar-refractivity contribution in [2.75, 3.05) is 0 Å². The van der Waals surface area contributed by atoms with Crippen LogP contribution in [0.5, 0.6) is 0 Å². The summed E-state index contributed by atoms with van der Waals surface area (Å²) in [6.07, 6.45) is 0. The fourth-order valence-electron chi connectivity index (χ4n) is 1.73. The quantitative estimate of drug-likeness (QED) is 0.319. The molecule has 1 rings (SSSR count). The minimum absolute atomic E-state index is 0.0569. The highest BCUT2D eigenvalue weighted by Gasteiger charge is 2.16. The third-order valence-electron chi connectivity index (χ3n) is 2.39. The predicted molar refractivity (Wildman–Crippen MR) is 67.4 cm³/mol. The molecular formula is C11H21N5O. The van der Waals surface area contributed by atoms with Gasteiger partial charge in [0.05, 0.1) is 11.7 Å². The Bertz CT molecular complexity index is 377. The Morgan fingerprint density at radius 2 is 2.00 bits per heavy atom. The lowest BCUT2D eigenvalue weighted by atomic mass is 10.1. The first-order valence-corrected chi connectivity index (χ1v) is 5.69. The van der Waals surface area contributed by atoms with Gasteiger partial charge in [-0.2, -0.15) is 0 Å². The standard InChI is InChI=1S/C11H21N5O/c1-6(2)13-11(15-12)14-7(3)10-8(4)16-17-9(10)5/h6-7H,12H2,1-5H3,(H2,13,14,15). The lowest BCUT2D eigenvalue weighted by molar-refractivity contribution is 0.391. The van der Waals surface area contributed by atoms with E-state index in [0.717, 1.165) is 17.0 Å². The van der Waals surface area contributed by atoms with Crippen molar-refractivity contribution in [1.82, 2.24) is 15.9 Å². The summed E-state index contributed by atoms with van der Waals surface area (Å²) in [5.41, 5.74) is 4.42. The van der Waals surface area contributed by atoms with E-state index >= 15 is 0 Å². The zero-order valence-corrected chi connectivity index (χ0v) is 11.0. The Hall–Kier alpha value is -1.56. The largest absolute Gasteiger partial charge is 0.361 e. The summed E-state index contributed by atoms with van der Waals surface area (Å²) in [7, 11) is 0. The molecule has 0 amide bonds. The molecule has 1 aromatic rings. The second-order valence-electron chi connectivity index (χ2n) is 4.33. The van der Waals surface area contributed by atoms with Gasteiger partial charge in [0.1, 0.15) is 5.76 Å². The zero-order valence-electron chi connectivity index (χ0n) is 11.0. The summed E-state index contributed by atoms with van der Waals surface area (Å²) < 4.78 is 5.12. The van der Waals surface area contributed by atoms with Crippen LogP contribution < -0.4 is 16.6 Å². The van der Waals surface area contributed by atoms with Crippen molar-refractivity contribution in [3.8, 4) is 0 Å². The van der Waals surface area contributed by atoms with Crippen LogP contribution in [0.4, 0.5) is 0 Å². The van der Waals surface area contributed by atoms with Crippen LogP contribution in [0.2, 0.25) is 0 Å². The van der Waals surface area contributed by atoms with Crippen molar-refractivity contribution in [2.24, 2.45) is 10.8 Å². The van der Waals surface area contributed by atoms with Crippen molar-refractivity contribution in [1.29, 1.82) is 0 Å². The third kappa shape index (κ3) is 3.45. The van der Waals surface area contributed by atoms with Gasteiger partial charge < -0.3 is 9.84 Å². The van der Waals surface area contributed by atoms with Gasteiger partial charge in [-0.1, -0.05) is 5.16 Å². The van der Waals surface area contributed by atoms with Crippen LogP contribution in [0.3, 0.4) is 0 Å². The first kappa shape index (κ1) is 13.5. The molecule has 1 aromatic heterocycles. The lowest BCUT2D eigenvalue weighted by Gasteiger charge is -2.14. The maximum atomic E-state index is 5.42. The molecule has 0 spiro atoms. The fraction of sp³-hybridized carbons (Fsp3) is 0.636. The van der Waals surface area contributed by atoms with Gasteiger partial charge in [-0.05, 0) is 34.6 Å². The number of nitrogens with two attached hydrogens (primary N) is 1. The maximum Gasteiger partial charge on any atom is 0.206 e. The first-order valence-electron chi connectivity index (χ1n) is 5.69. The van der Waals surface area contributed by atoms with Gasteiger partial charge in [0.15, 0.2) is 0 Å². The van der Waals surface area contributed by atoms with Crippen LogP contribution >= 0.6 is 0 Å². The van der Waals surface area contributed by atoms with E-state index in [-0.39, 0.29) is 12.1 Å². The zero-order chi connectivity index (χ0) is 13.0. The van der Waals surface area contributed by atoms with Gasteiger partial charge in [-0.15, -0.1) is 0 Å². The molecule has 0 aliphatic heterocycles. The fourth-order valence-corrected chi connectivity index (χ4v) is 1.73. The SMILES string of the molecule is Cc1noc(C)c1C(C)N=C(NN)NC(C)C. The highest BCUT2D eigenvalue weighted by molar-refractivity contribution is 5.79. The van der Waals surface area contributed by atoms with Gasteiger partial charge in [0.2, 0.25) is 5.96 Å². The molecule has 0 aliphatic carbocycles. The molecule has 0 radical (unpaired) electrons. The summed E-state index contributed by atoms with van der Waals surface area (Å²) in [6, 6.07) is 0.209. The third-order valence-corrected chi connectivity index (χ3v) is 2.39. The van der Waals surface area contributed by atoms with E-state index in [1.165, 1.54) is 0 Å². The Morgan fingerprint density at radius 3 is 2.41 bits per heavy atom. The van der Waals surface area contributed by atoms with E-state index in [1.807, 2.05) is 34.6 Å². The minimum atomic E-state index is -0.0569. The first-order chi connectivity index (χ1) is 7.95. The number of hydrazine groups is 1. The highest BCUT2D eigenvalue weighted by Crippen LogP contribution is 2.23. The van der Waals surface area contributed by atoms with Gasteiger partial charge in [0.25, 0.3) is 0 Å². The number of hydrogen-bond donors (Lipinski definition) is 3. The van der Waals surface area contributed by atoms with Crippen molar-refractivity contribution in [2.45, 2.75) is 46.7 Å². The molecule has 0 bridgehead atoms. The smallest absolute Gasteiger partial charge is 0.206 e. The number of nitrogens with zero attached hydrogens (tertiary/aromatic N) is 2. The van der Waals surface area contributed by atoms with E-state index in [4.69, 9.17) is 10.4 Å². The molecule has 1 unspecified atom stereocenters. The Labute approximate surface area is 102 Å². The second-order valence-corrected chi connectivity index (χ2v) is 4.33. The summed E-state index contributed by atoms with van der Waals surface area (Å²) in [5.74, 6) is 6.77. The second kappa shape index (κ2) is 5.67. The van der Waals surface area contributed by atoms with Gasteiger partial charge in [0, 0.05) is 11.6 Å². The van der Waals surface area contributed by atoms with E-state index in [0.29, 0.717) is 5.96 Å². The van der Waals surface area contributed by atoms with Gasteiger partial charge in [-0.3, -0.25) is 5.43 Å². The Balaban J connectivity index is 2.89. The minimum Gasteiger partial charge on any atom is -0.361 e. The van der Waals surface area contributed by atoms with E-state index < -0.39 is 0 Å². The maximum absolute atomic E-state index is 5.42. The molecule has 0 aromatic carbocycles. The average molecular weight is 239 g/mol. The topological polar surface area (TPSA) is 88.5 Å². The summed E-state index contributed by atoms with van der Waals surface area (Å²) in [4.78, 5) is 4.47. The number of hydrogen-bond acceptors (Lipinski definition) is 4. The molecule has 1 atom stereocenters. The molecule has 4 N–H and O–H groups in total. The molecule has 96 valence electrons. The molecule has 1 heterocycles. The molecular weight excluding hydrogens is 218 g/mol. The Kier molecular flexibility index (Phi) is 4.51. The van der Waals surface area contributed by atoms with Crippen LogP contribution in [0.25, 0.3) is 0 Å². The molecule has 0 saturated carbocycles. The Morgan fingerprint density at radius 1 is 1.35 bits per heavy atom. The summed E-state index contributed by atoms with van der Waals surface area (Å²) >= 11 is 0. The van der Waals surface area contributed by atoms with Crippen LogP contribution in [0.1, 0.15) is 43.8 Å². The van der Waals surface area contributed by atoms with Gasteiger partial charge >= 0.3 is 0 Å². The number of aryl methyl sites for hydroxylation is 2.